The number of nitrogens with one attached hydrogen (secondary N) is 1. The van der Waals surface area contributed by atoms with Gasteiger partial charge in [0.15, 0.2) is 0 Å². The van der Waals surface area contributed by atoms with Crippen LogP contribution in [0.1, 0.15) is 12.5 Å². The van der Waals surface area contributed by atoms with Crippen LogP contribution in [0.4, 0.5) is 23.9 Å². The second-order valence-corrected chi connectivity index (χ2v) is 6.60. The summed E-state index contributed by atoms with van der Waals surface area (Å²) in [6, 6.07) is -0.378. The highest BCUT2D eigenvalue weighted by Gasteiger charge is 2.31. The molecule has 158 valence electrons. The Labute approximate surface area is 160 Å². The van der Waals surface area contributed by atoms with Gasteiger partial charge in [-0.05, 0) is 6.92 Å². The summed E-state index contributed by atoms with van der Waals surface area (Å²) >= 11 is 0. The van der Waals surface area contributed by atoms with Crippen LogP contribution >= 0.6 is 0 Å². The fourth-order valence-electron chi connectivity index (χ4n) is 2.75. The SMILES string of the molecule is CC(COCC(O)CN1CCN(c2ncc(C(F)(F)F)cn2)CC1)NC(=O)O. The first-order valence-corrected chi connectivity index (χ1v) is 8.77. The highest BCUT2D eigenvalue weighted by atomic mass is 19.4. The number of rotatable bonds is 8. The summed E-state index contributed by atoms with van der Waals surface area (Å²) in [6.45, 7) is 4.51. The number of aromatic nitrogens is 2. The maximum absolute atomic E-state index is 12.6. The van der Waals surface area contributed by atoms with Crippen molar-refractivity contribution in [1.82, 2.24) is 20.2 Å². The van der Waals surface area contributed by atoms with Crippen molar-refractivity contribution in [3.63, 3.8) is 0 Å². The Hall–Kier alpha value is -2.18. The predicted molar refractivity (Wildman–Crippen MR) is 93.1 cm³/mol. The number of aliphatic hydroxyl groups excluding tert-OH is 1. The predicted octanol–water partition coefficient (Wildman–Crippen LogP) is 0.651. The van der Waals surface area contributed by atoms with Gasteiger partial charge in [-0.3, -0.25) is 4.90 Å². The molecular weight excluding hydrogens is 383 g/mol. The van der Waals surface area contributed by atoms with Gasteiger partial charge in [0, 0.05) is 45.1 Å². The van der Waals surface area contributed by atoms with Gasteiger partial charge in [-0.15, -0.1) is 0 Å². The average molecular weight is 407 g/mol. The van der Waals surface area contributed by atoms with Crippen LogP contribution in [-0.2, 0) is 10.9 Å². The number of β-amino-alcohol motifs (C(OH)–C–C–N with tert-alkyl or cyclic N) is 1. The van der Waals surface area contributed by atoms with Crippen LogP contribution in [0.3, 0.4) is 0 Å². The van der Waals surface area contributed by atoms with Gasteiger partial charge in [0.2, 0.25) is 5.95 Å². The monoisotopic (exact) mass is 407 g/mol. The normalized spacial score (nSPS) is 18.0. The molecule has 9 nitrogen and oxygen atoms in total. The zero-order valence-corrected chi connectivity index (χ0v) is 15.4. The van der Waals surface area contributed by atoms with Crippen molar-refractivity contribution < 1.29 is 32.9 Å². The zero-order chi connectivity index (χ0) is 20.7. The van der Waals surface area contributed by atoms with Gasteiger partial charge in [0.05, 0.1) is 30.9 Å². The Morgan fingerprint density at radius 2 is 1.86 bits per heavy atom. The highest BCUT2D eigenvalue weighted by molar-refractivity contribution is 5.64. The smallest absolute Gasteiger partial charge is 0.419 e. The molecule has 1 saturated heterocycles. The molecule has 1 aliphatic heterocycles. The third kappa shape index (κ3) is 7.09. The third-order valence-electron chi connectivity index (χ3n) is 4.14. The van der Waals surface area contributed by atoms with Crippen molar-refractivity contribution in [1.29, 1.82) is 0 Å². The third-order valence-corrected chi connectivity index (χ3v) is 4.14. The van der Waals surface area contributed by atoms with Gasteiger partial charge < -0.3 is 25.2 Å². The maximum atomic E-state index is 12.6. The molecule has 1 aromatic heterocycles. The number of carbonyl (C=O) groups is 1. The summed E-state index contributed by atoms with van der Waals surface area (Å²) in [6.07, 6.45) is -4.78. The molecule has 2 heterocycles. The molecule has 2 atom stereocenters. The van der Waals surface area contributed by atoms with Crippen molar-refractivity contribution in [2.24, 2.45) is 0 Å². The van der Waals surface area contributed by atoms with Crippen molar-refractivity contribution in [2.45, 2.75) is 25.2 Å². The van der Waals surface area contributed by atoms with Crippen molar-refractivity contribution in [2.75, 3.05) is 50.8 Å². The average Bonchev–Trinajstić information content (AvgIpc) is 2.61. The number of aliphatic hydroxyl groups is 1. The fraction of sp³-hybridized carbons (Fsp3) is 0.688. The Balaban J connectivity index is 1.69. The second-order valence-electron chi connectivity index (χ2n) is 6.60. The molecule has 12 heteroatoms. The van der Waals surface area contributed by atoms with Crippen molar-refractivity contribution >= 4 is 12.0 Å². The number of carboxylic acid groups (broad SMARTS) is 1. The highest BCUT2D eigenvalue weighted by Crippen LogP contribution is 2.28. The summed E-state index contributed by atoms with van der Waals surface area (Å²) in [5, 5.41) is 20.9. The van der Waals surface area contributed by atoms with Crippen molar-refractivity contribution in [3.05, 3.63) is 18.0 Å². The minimum Gasteiger partial charge on any atom is -0.465 e. The fourth-order valence-corrected chi connectivity index (χ4v) is 2.75. The summed E-state index contributed by atoms with van der Waals surface area (Å²) in [4.78, 5) is 21.9. The molecule has 0 radical (unpaired) electrons. The number of hydrogen-bond acceptors (Lipinski definition) is 7. The summed E-state index contributed by atoms with van der Waals surface area (Å²) < 4.78 is 43.0. The van der Waals surface area contributed by atoms with E-state index in [0.29, 0.717) is 32.7 Å². The first-order valence-electron chi connectivity index (χ1n) is 8.77. The first-order chi connectivity index (χ1) is 13.1. The number of ether oxygens (including phenoxy) is 1. The number of anilines is 1. The molecule has 0 bridgehead atoms. The van der Waals surface area contributed by atoms with Gasteiger partial charge in [-0.1, -0.05) is 0 Å². The van der Waals surface area contributed by atoms with Gasteiger partial charge in [-0.25, -0.2) is 14.8 Å². The lowest BCUT2D eigenvalue weighted by Gasteiger charge is -2.35. The van der Waals surface area contributed by atoms with E-state index in [2.05, 4.69) is 15.3 Å². The maximum Gasteiger partial charge on any atom is 0.419 e. The Morgan fingerprint density at radius 3 is 2.39 bits per heavy atom. The molecule has 0 aromatic carbocycles. The van der Waals surface area contributed by atoms with Crippen LogP contribution in [0, 0.1) is 0 Å². The van der Waals surface area contributed by atoms with Gasteiger partial charge in [-0.2, -0.15) is 13.2 Å². The Morgan fingerprint density at radius 1 is 1.25 bits per heavy atom. The second kappa shape index (κ2) is 9.85. The molecule has 0 saturated carbocycles. The molecule has 3 N–H and O–H groups in total. The van der Waals surface area contributed by atoms with Crippen LogP contribution in [0.25, 0.3) is 0 Å². The van der Waals surface area contributed by atoms with E-state index >= 15 is 0 Å². The van der Waals surface area contributed by atoms with E-state index in [1.54, 1.807) is 11.8 Å². The standard InChI is InChI=1S/C16H24F3N5O4/c1-11(22-15(26)27)9-28-10-13(25)8-23-2-4-24(5-3-23)14-20-6-12(7-21-14)16(17,18)19/h6-7,11,13,22,25H,2-5,8-10H2,1H3,(H,26,27). The number of amides is 1. The van der Waals surface area contributed by atoms with Crippen LogP contribution in [-0.4, -0.2) is 89.3 Å². The summed E-state index contributed by atoms with van der Waals surface area (Å²) in [7, 11) is 0. The van der Waals surface area contributed by atoms with E-state index in [4.69, 9.17) is 9.84 Å². The molecule has 1 aliphatic rings. The molecule has 28 heavy (non-hydrogen) atoms. The van der Waals surface area contributed by atoms with Crippen LogP contribution in [0.5, 0.6) is 0 Å². The number of halogens is 3. The molecule has 1 amide bonds. The molecule has 0 aliphatic carbocycles. The van der Waals surface area contributed by atoms with Crippen LogP contribution < -0.4 is 10.2 Å². The topological polar surface area (TPSA) is 111 Å². The zero-order valence-electron chi connectivity index (χ0n) is 15.4. The number of alkyl halides is 3. The Bertz CT molecular complexity index is 624. The number of hydrogen-bond donors (Lipinski definition) is 3. The molecule has 2 rings (SSSR count). The lowest BCUT2D eigenvalue weighted by Crippen LogP contribution is -2.49. The van der Waals surface area contributed by atoms with E-state index in [-0.39, 0.29) is 25.2 Å². The van der Waals surface area contributed by atoms with Gasteiger partial charge in [0.1, 0.15) is 0 Å². The molecule has 1 fully saturated rings. The number of piperazine rings is 1. The summed E-state index contributed by atoms with van der Waals surface area (Å²) in [5.74, 6) is 0.247. The van der Waals surface area contributed by atoms with E-state index in [0.717, 1.165) is 12.4 Å². The van der Waals surface area contributed by atoms with Crippen LogP contribution in [0.15, 0.2) is 12.4 Å². The largest absolute Gasteiger partial charge is 0.465 e. The molecule has 0 spiro atoms. The van der Waals surface area contributed by atoms with Crippen molar-refractivity contribution in [3.8, 4) is 0 Å². The first kappa shape index (κ1) is 22.1. The van der Waals surface area contributed by atoms with E-state index < -0.39 is 23.9 Å². The number of nitrogens with zero attached hydrogens (tertiary/aromatic N) is 4. The lowest BCUT2D eigenvalue weighted by molar-refractivity contribution is -0.138. The minimum atomic E-state index is -4.46. The van der Waals surface area contributed by atoms with Gasteiger partial charge in [0.25, 0.3) is 0 Å². The molecule has 1 aromatic rings. The molecular formula is C16H24F3N5O4. The Kier molecular flexibility index (Phi) is 7.78. The molecule has 2 unspecified atom stereocenters. The van der Waals surface area contributed by atoms with Gasteiger partial charge >= 0.3 is 12.3 Å². The lowest BCUT2D eigenvalue weighted by atomic mass is 10.2. The minimum absolute atomic E-state index is 0.0773. The van der Waals surface area contributed by atoms with Crippen LogP contribution in [0.2, 0.25) is 0 Å². The van der Waals surface area contributed by atoms with E-state index in [1.807, 2.05) is 4.90 Å². The summed E-state index contributed by atoms with van der Waals surface area (Å²) in [5.41, 5.74) is -0.883. The van der Waals surface area contributed by atoms with E-state index in [1.165, 1.54) is 0 Å². The quantitative estimate of drug-likeness (QED) is 0.576. The van der Waals surface area contributed by atoms with E-state index in [9.17, 15) is 23.1 Å².